The zero-order chi connectivity index (χ0) is 17.1. The molecule has 0 fully saturated rings. The number of oxazole rings is 1. The van der Waals surface area contributed by atoms with Crippen molar-refractivity contribution >= 4 is 40.3 Å². The molecule has 1 N–H and O–H groups in total. The van der Waals surface area contributed by atoms with Crippen LogP contribution in [0.3, 0.4) is 0 Å². The highest BCUT2D eigenvalue weighted by Crippen LogP contribution is 2.17. The number of fused-ring (bicyclic) bond motifs is 1. The van der Waals surface area contributed by atoms with E-state index in [2.05, 4.69) is 10.3 Å². The quantitative estimate of drug-likeness (QED) is 0.730. The van der Waals surface area contributed by atoms with Gasteiger partial charge in [-0.15, -0.1) is 0 Å². The summed E-state index contributed by atoms with van der Waals surface area (Å²) in [6.45, 7) is 1.49. The van der Waals surface area contributed by atoms with Crippen LogP contribution in [0.15, 0.2) is 53.3 Å². The summed E-state index contributed by atoms with van der Waals surface area (Å²) in [6.07, 6.45) is 0.322. The third-order valence-corrected chi connectivity index (χ3v) is 3.55. The summed E-state index contributed by atoms with van der Waals surface area (Å²) in [4.78, 5) is 28.2. The van der Waals surface area contributed by atoms with Crippen LogP contribution in [0.25, 0.3) is 11.1 Å². The molecule has 0 saturated heterocycles. The number of benzene rings is 2. The van der Waals surface area contributed by atoms with Gasteiger partial charge in [0, 0.05) is 10.7 Å². The maximum Gasteiger partial charge on any atom is 0.339 e. The Bertz CT molecular complexity index is 906. The van der Waals surface area contributed by atoms with E-state index < -0.39 is 18.0 Å². The maximum absolute atomic E-state index is 12.1. The minimum Gasteiger partial charge on any atom is -0.449 e. The van der Waals surface area contributed by atoms with Gasteiger partial charge in [0.25, 0.3) is 5.91 Å². The van der Waals surface area contributed by atoms with Crippen molar-refractivity contribution in [2.24, 2.45) is 0 Å². The molecule has 0 aliphatic heterocycles. The lowest BCUT2D eigenvalue weighted by atomic mass is 10.2. The van der Waals surface area contributed by atoms with Crippen molar-refractivity contribution in [3.05, 3.63) is 59.4 Å². The number of ether oxygens (including phenoxy) is 1. The molecule has 122 valence electrons. The van der Waals surface area contributed by atoms with Crippen molar-refractivity contribution in [1.29, 1.82) is 0 Å². The number of esters is 1. The van der Waals surface area contributed by atoms with Gasteiger partial charge >= 0.3 is 5.97 Å². The van der Waals surface area contributed by atoms with Crippen molar-refractivity contribution < 1.29 is 18.7 Å². The first-order valence-corrected chi connectivity index (χ1v) is 7.51. The average molecular weight is 345 g/mol. The predicted octanol–water partition coefficient (Wildman–Crippen LogP) is 3.67. The number of aromatic nitrogens is 1. The molecule has 0 spiro atoms. The Hall–Kier alpha value is -2.86. The van der Waals surface area contributed by atoms with E-state index in [1.165, 1.54) is 19.4 Å². The van der Waals surface area contributed by atoms with Gasteiger partial charge < -0.3 is 14.5 Å². The monoisotopic (exact) mass is 344 g/mol. The average Bonchev–Trinajstić information content (AvgIpc) is 3.02. The molecule has 3 rings (SSSR count). The van der Waals surface area contributed by atoms with Crippen LogP contribution >= 0.6 is 11.6 Å². The molecule has 7 heteroatoms. The molecule has 1 amide bonds. The topological polar surface area (TPSA) is 81.4 Å². The number of anilines is 1. The number of carbonyl (C=O) groups is 2. The number of carbonyl (C=O) groups excluding carboxylic acids is 2. The first-order chi connectivity index (χ1) is 11.5. The van der Waals surface area contributed by atoms with Crippen LogP contribution in [0.4, 0.5) is 5.69 Å². The Morgan fingerprint density at radius 3 is 2.88 bits per heavy atom. The largest absolute Gasteiger partial charge is 0.449 e. The standard InChI is InChI=1S/C17H13ClN2O4/c1-10(16(21)20-13-4-2-3-12(18)8-13)24-17(22)11-5-6-14-15(7-11)23-9-19-14/h2-10H,1H3,(H,20,21). The van der Waals surface area contributed by atoms with E-state index >= 15 is 0 Å². The second-order valence-corrected chi connectivity index (χ2v) is 5.52. The molecule has 1 heterocycles. The van der Waals surface area contributed by atoms with Crippen molar-refractivity contribution in [3.63, 3.8) is 0 Å². The summed E-state index contributed by atoms with van der Waals surface area (Å²) in [6, 6.07) is 11.4. The second-order valence-electron chi connectivity index (χ2n) is 5.08. The van der Waals surface area contributed by atoms with Crippen LogP contribution in [0.2, 0.25) is 5.02 Å². The summed E-state index contributed by atoms with van der Waals surface area (Å²) in [7, 11) is 0. The van der Waals surface area contributed by atoms with Gasteiger partial charge in [-0.3, -0.25) is 4.79 Å². The normalized spacial score (nSPS) is 11.9. The van der Waals surface area contributed by atoms with E-state index in [4.69, 9.17) is 20.8 Å². The van der Waals surface area contributed by atoms with Gasteiger partial charge in [0.1, 0.15) is 5.52 Å². The van der Waals surface area contributed by atoms with Gasteiger partial charge in [-0.1, -0.05) is 17.7 Å². The van der Waals surface area contributed by atoms with Crippen LogP contribution in [-0.2, 0) is 9.53 Å². The second kappa shape index (κ2) is 6.72. The third-order valence-electron chi connectivity index (χ3n) is 3.31. The van der Waals surface area contributed by atoms with Crippen LogP contribution in [0.1, 0.15) is 17.3 Å². The van der Waals surface area contributed by atoms with Crippen molar-refractivity contribution in [3.8, 4) is 0 Å². The first kappa shape index (κ1) is 16.0. The number of rotatable bonds is 4. The minimum atomic E-state index is -0.970. The van der Waals surface area contributed by atoms with Gasteiger partial charge in [-0.25, -0.2) is 9.78 Å². The SMILES string of the molecule is CC(OC(=O)c1ccc2ncoc2c1)C(=O)Nc1cccc(Cl)c1. The molecule has 0 aliphatic carbocycles. The van der Waals surface area contributed by atoms with E-state index in [9.17, 15) is 9.59 Å². The number of nitrogens with zero attached hydrogens (tertiary/aromatic N) is 1. The number of amides is 1. The summed E-state index contributed by atoms with van der Waals surface area (Å²) in [5.41, 5.74) is 1.92. The number of hydrogen-bond donors (Lipinski definition) is 1. The zero-order valence-corrected chi connectivity index (χ0v) is 13.4. The third kappa shape index (κ3) is 3.55. The molecular weight excluding hydrogens is 332 g/mol. The van der Waals surface area contributed by atoms with Gasteiger partial charge in [0.2, 0.25) is 0 Å². The fourth-order valence-electron chi connectivity index (χ4n) is 2.07. The van der Waals surface area contributed by atoms with Crippen LogP contribution in [-0.4, -0.2) is 23.0 Å². The van der Waals surface area contributed by atoms with Gasteiger partial charge in [0.15, 0.2) is 18.1 Å². The molecular formula is C17H13ClN2O4. The lowest BCUT2D eigenvalue weighted by Crippen LogP contribution is -2.30. The molecule has 0 aliphatic rings. The summed E-state index contributed by atoms with van der Waals surface area (Å²) >= 11 is 5.86. The van der Waals surface area contributed by atoms with Gasteiger partial charge in [0.05, 0.1) is 5.56 Å². The predicted molar refractivity (Wildman–Crippen MR) is 89.0 cm³/mol. The molecule has 0 radical (unpaired) electrons. The molecule has 2 aromatic carbocycles. The molecule has 1 atom stereocenters. The molecule has 0 bridgehead atoms. The molecule has 3 aromatic rings. The maximum atomic E-state index is 12.1. The summed E-state index contributed by atoms with van der Waals surface area (Å²) in [5.74, 6) is -1.08. The zero-order valence-electron chi connectivity index (χ0n) is 12.7. The highest BCUT2D eigenvalue weighted by atomic mass is 35.5. The highest BCUT2D eigenvalue weighted by Gasteiger charge is 2.19. The first-order valence-electron chi connectivity index (χ1n) is 7.13. The van der Waals surface area contributed by atoms with E-state index in [1.54, 1.807) is 36.4 Å². The van der Waals surface area contributed by atoms with Gasteiger partial charge in [-0.2, -0.15) is 0 Å². The fraction of sp³-hybridized carbons (Fsp3) is 0.118. The van der Waals surface area contributed by atoms with Crippen molar-refractivity contribution in [2.75, 3.05) is 5.32 Å². The molecule has 24 heavy (non-hydrogen) atoms. The number of halogens is 1. The lowest BCUT2D eigenvalue weighted by Gasteiger charge is -2.13. The Balaban J connectivity index is 1.65. The Labute approximate surface area is 142 Å². The lowest BCUT2D eigenvalue weighted by molar-refractivity contribution is -0.123. The van der Waals surface area contributed by atoms with Crippen LogP contribution in [0, 0.1) is 0 Å². The Morgan fingerprint density at radius 1 is 1.25 bits per heavy atom. The van der Waals surface area contributed by atoms with E-state index in [1.807, 2.05) is 0 Å². The van der Waals surface area contributed by atoms with Crippen LogP contribution in [0.5, 0.6) is 0 Å². The van der Waals surface area contributed by atoms with E-state index in [0.717, 1.165) is 0 Å². The van der Waals surface area contributed by atoms with Crippen molar-refractivity contribution in [1.82, 2.24) is 4.98 Å². The van der Waals surface area contributed by atoms with E-state index in [-0.39, 0.29) is 5.56 Å². The minimum absolute atomic E-state index is 0.279. The fourth-order valence-corrected chi connectivity index (χ4v) is 2.26. The Kier molecular flexibility index (Phi) is 4.48. The molecule has 6 nitrogen and oxygen atoms in total. The number of nitrogens with one attached hydrogen (secondary N) is 1. The van der Waals surface area contributed by atoms with Gasteiger partial charge in [-0.05, 0) is 43.3 Å². The highest BCUT2D eigenvalue weighted by molar-refractivity contribution is 6.30. The molecule has 1 aromatic heterocycles. The van der Waals surface area contributed by atoms with Crippen molar-refractivity contribution in [2.45, 2.75) is 13.0 Å². The summed E-state index contributed by atoms with van der Waals surface area (Å²) in [5, 5.41) is 3.13. The van der Waals surface area contributed by atoms with E-state index in [0.29, 0.717) is 21.8 Å². The molecule has 0 saturated carbocycles. The number of hydrogen-bond acceptors (Lipinski definition) is 5. The smallest absolute Gasteiger partial charge is 0.339 e. The van der Waals surface area contributed by atoms with Crippen LogP contribution < -0.4 is 5.32 Å². The Morgan fingerprint density at radius 2 is 2.08 bits per heavy atom. The summed E-state index contributed by atoms with van der Waals surface area (Å²) < 4.78 is 10.3. The molecule has 1 unspecified atom stereocenters.